The zero-order valence-electron chi connectivity index (χ0n) is 16.2. The molecule has 0 radical (unpaired) electrons. The van der Waals surface area contributed by atoms with Gasteiger partial charge >= 0.3 is 0 Å². The van der Waals surface area contributed by atoms with Gasteiger partial charge in [-0.25, -0.2) is 4.21 Å². The largest absolute Gasteiger partial charge is 0.300 e. The number of rotatable bonds is 9. The van der Waals surface area contributed by atoms with Crippen LogP contribution >= 0.6 is 0 Å². The lowest BCUT2D eigenvalue weighted by molar-refractivity contribution is 0.0922. The third kappa shape index (κ3) is 6.53. The Morgan fingerprint density at radius 2 is 1.75 bits per heavy atom. The second-order valence-corrected chi connectivity index (χ2v) is 7.91. The number of anilines is 1. The molecule has 1 saturated heterocycles. The molecular formula is C21H27N3O3S. The van der Waals surface area contributed by atoms with E-state index in [1.165, 1.54) is 11.8 Å². The first-order valence-corrected chi connectivity index (χ1v) is 11.0. The number of benzene rings is 2. The first-order valence-electron chi connectivity index (χ1n) is 9.49. The topological polar surface area (TPSA) is 61.9 Å². The first kappa shape index (κ1) is 20.7. The lowest BCUT2D eigenvalue weighted by atomic mass is 10.1. The van der Waals surface area contributed by atoms with Gasteiger partial charge in [0.15, 0.2) is 16.9 Å². The highest BCUT2D eigenvalue weighted by molar-refractivity contribution is 7.79. The summed E-state index contributed by atoms with van der Waals surface area (Å²) in [6.45, 7) is 5.76. The van der Waals surface area contributed by atoms with Gasteiger partial charge < -0.3 is 4.90 Å². The van der Waals surface area contributed by atoms with Crippen LogP contribution in [-0.2, 0) is 21.9 Å². The Morgan fingerprint density at radius 3 is 2.46 bits per heavy atom. The molecule has 0 spiro atoms. The smallest absolute Gasteiger partial charge is 0.176 e. The van der Waals surface area contributed by atoms with E-state index >= 15 is 0 Å². The summed E-state index contributed by atoms with van der Waals surface area (Å²) < 4.78 is 15.9. The Morgan fingerprint density at radius 1 is 1.04 bits per heavy atom. The van der Waals surface area contributed by atoms with E-state index in [0.29, 0.717) is 17.7 Å². The molecular weight excluding hydrogens is 374 g/mol. The van der Waals surface area contributed by atoms with Crippen molar-refractivity contribution in [2.45, 2.75) is 13.0 Å². The van der Waals surface area contributed by atoms with Crippen LogP contribution in [0.15, 0.2) is 54.6 Å². The minimum absolute atomic E-state index is 0.105. The van der Waals surface area contributed by atoms with Gasteiger partial charge in [-0.1, -0.05) is 42.5 Å². The highest BCUT2D eigenvalue weighted by Crippen LogP contribution is 2.14. The van der Waals surface area contributed by atoms with E-state index < -0.39 is 11.1 Å². The number of ketones is 1. The zero-order valence-corrected chi connectivity index (χ0v) is 17.0. The van der Waals surface area contributed by atoms with E-state index in [4.69, 9.17) is 4.28 Å². The average molecular weight is 402 g/mol. The van der Waals surface area contributed by atoms with Crippen LogP contribution in [0.2, 0.25) is 0 Å². The quantitative estimate of drug-likeness (QED) is 0.515. The van der Waals surface area contributed by atoms with Crippen molar-refractivity contribution in [3.05, 3.63) is 65.7 Å². The van der Waals surface area contributed by atoms with Gasteiger partial charge in [-0.05, 0) is 17.7 Å². The number of hydrogen-bond acceptors (Lipinski definition) is 6. The molecule has 3 rings (SSSR count). The molecule has 1 fully saturated rings. The van der Waals surface area contributed by atoms with Crippen LogP contribution in [0.5, 0.6) is 0 Å². The number of nitrogens with one attached hydrogen (secondary N) is 1. The van der Waals surface area contributed by atoms with Crippen molar-refractivity contribution in [2.75, 3.05) is 44.5 Å². The minimum atomic E-state index is -1.41. The van der Waals surface area contributed by atoms with Gasteiger partial charge in [-0.3, -0.25) is 15.2 Å². The van der Waals surface area contributed by atoms with Crippen molar-refractivity contribution in [3.63, 3.8) is 0 Å². The lowest BCUT2D eigenvalue weighted by Crippen LogP contribution is -2.46. The second-order valence-electron chi connectivity index (χ2n) is 6.94. The van der Waals surface area contributed by atoms with Gasteiger partial charge in [0.25, 0.3) is 0 Å². The lowest BCUT2D eigenvalue weighted by Gasteiger charge is -2.34. The average Bonchev–Trinajstić information content (AvgIpc) is 2.72. The van der Waals surface area contributed by atoms with E-state index in [9.17, 15) is 9.00 Å². The highest BCUT2D eigenvalue weighted by Gasteiger charge is 2.18. The molecule has 2 aromatic rings. The first-order chi connectivity index (χ1) is 13.6. The molecule has 1 heterocycles. The minimum Gasteiger partial charge on any atom is -0.300 e. The Kier molecular flexibility index (Phi) is 7.73. The molecule has 1 N–H and O–H groups in total. The van der Waals surface area contributed by atoms with Crippen LogP contribution in [0.25, 0.3) is 0 Å². The van der Waals surface area contributed by atoms with E-state index in [-0.39, 0.29) is 5.78 Å². The number of nitrogens with zero attached hydrogens (tertiary/aromatic N) is 2. The van der Waals surface area contributed by atoms with Crippen LogP contribution in [0.3, 0.4) is 0 Å². The zero-order chi connectivity index (χ0) is 19.8. The van der Waals surface area contributed by atoms with E-state index in [1.807, 2.05) is 6.07 Å². The van der Waals surface area contributed by atoms with Crippen molar-refractivity contribution >= 4 is 22.6 Å². The fraction of sp³-hybridized carbons (Fsp3) is 0.381. The van der Waals surface area contributed by atoms with Gasteiger partial charge in [0.1, 0.15) is 0 Å². The van der Waals surface area contributed by atoms with Crippen LogP contribution in [0.1, 0.15) is 22.3 Å². The predicted octanol–water partition coefficient (Wildman–Crippen LogP) is 2.71. The van der Waals surface area contributed by atoms with E-state index in [2.05, 4.69) is 39.5 Å². The standard InChI is InChI=1S/C21H27N3O3S/c1-28(26)27-22-20-9-5-8-19(16-20)21(25)10-11-23-12-14-24(15-13-23)17-18-6-3-2-4-7-18/h2-9,16,22H,10-15,17H2,1H3. The molecule has 1 unspecified atom stereocenters. The summed E-state index contributed by atoms with van der Waals surface area (Å²) in [6.07, 6.45) is 1.92. The SMILES string of the molecule is CS(=O)ONc1cccc(C(=O)CCN2CCN(Cc3ccccc3)CC2)c1. The molecule has 0 aromatic heterocycles. The van der Waals surface area contributed by atoms with Crippen LogP contribution in [0, 0.1) is 0 Å². The summed E-state index contributed by atoms with van der Waals surface area (Å²) in [5, 5.41) is 0. The summed E-state index contributed by atoms with van der Waals surface area (Å²) in [5.41, 5.74) is 5.20. The summed E-state index contributed by atoms with van der Waals surface area (Å²) in [4.78, 5) is 17.3. The van der Waals surface area contributed by atoms with Crippen molar-refractivity contribution in [1.82, 2.24) is 9.80 Å². The number of Topliss-reactive ketones (excluding diaryl/α,β-unsaturated/α-hetero) is 1. The maximum Gasteiger partial charge on any atom is 0.176 e. The number of carbonyl (C=O) groups is 1. The molecule has 0 saturated carbocycles. The number of carbonyl (C=O) groups excluding carboxylic acids is 1. The normalized spacial score (nSPS) is 16.6. The summed E-state index contributed by atoms with van der Waals surface area (Å²) >= 11 is -1.41. The Bertz CT molecular complexity index is 792. The molecule has 7 heteroatoms. The molecule has 150 valence electrons. The fourth-order valence-electron chi connectivity index (χ4n) is 3.28. The number of piperazine rings is 1. The molecule has 0 bridgehead atoms. The summed E-state index contributed by atoms with van der Waals surface area (Å²) in [5.74, 6) is 0.105. The van der Waals surface area contributed by atoms with Crippen molar-refractivity contribution in [2.24, 2.45) is 0 Å². The summed E-state index contributed by atoms with van der Waals surface area (Å²) in [6, 6.07) is 17.6. The Labute approximate surface area is 169 Å². The summed E-state index contributed by atoms with van der Waals surface area (Å²) in [7, 11) is 0. The molecule has 6 nitrogen and oxygen atoms in total. The highest BCUT2D eigenvalue weighted by atomic mass is 32.2. The van der Waals surface area contributed by atoms with Gasteiger partial charge in [0.2, 0.25) is 0 Å². The molecule has 1 aliphatic heterocycles. The fourth-order valence-corrected chi connectivity index (χ4v) is 3.49. The maximum absolute atomic E-state index is 12.5. The molecule has 0 amide bonds. The van der Waals surface area contributed by atoms with Crippen molar-refractivity contribution < 1.29 is 13.3 Å². The second kappa shape index (κ2) is 10.5. The van der Waals surface area contributed by atoms with Gasteiger partial charge in [-0.15, -0.1) is 0 Å². The number of hydrogen-bond donors (Lipinski definition) is 1. The molecule has 1 aliphatic rings. The third-order valence-corrected chi connectivity index (χ3v) is 5.15. The van der Waals surface area contributed by atoms with Gasteiger partial charge in [0, 0.05) is 57.5 Å². The van der Waals surface area contributed by atoms with Crippen LogP contribution in [0.4, 0.5) is 5.69 Å². The van der Waals surface area contributed by atoms with Crippen LogP contribution in [-0.4, -0.2) is 58.8 Å². The van der Waals surface area contributed by atoms with E-state index in [0.717, 1.165) is 39.3 Å². The molecule has 1 atom stereocenters. The van der Waals surface area contributed by atoms with Crippen molar-refractivity contribution in [3.8, 4) is 0 Å². The molecule has 28 heavy (non-hydrogen) atoms. The van der Waals surface area contributed by atoms with Gasteiger partial charge in [-0.2, -0.15) is 4.28 Å². The molecule has 0 aliphatic carbocycles. The van der Waals surface area contributed by atoms with E-state index in [1.54, 1.807) is 24.3 Å². The Balaban J connectivity index is 1.42. The predicted molar refractivity (Wildman–Crippen MR) is 112 cm³/mol. The third-order valence-electron chi connectivity index (χ3n) is 4.83. The van der Waals surface area contributed by atoms with Gasteiger partial charge in [0.05, 0.1) is 5.69 Å². The Hall–Kier alpha value is -2.06. The molecule has 2 aromatic carbocycles. The van der Waals surface area contributed by atoms with Crippen LogP contribution < -0.4 is 5.48 Å². The van der Waals surface area contributed by atoms with Crippen molar-refractivity contribution in [1.29, 1.82) is 0 Å². The monoisotopic (exact) mass is 401 g/mol. The maximum atomic E-state index is 12.5.